The van der Waals surface area contributed by atoms with E-state index < -0.39 is 12.0 Å². The first kappa shape index (κ1) is 10.2. The zero-order chi connectivity index (χ0) is 10.0. The van der Waals surface area contributed by atoms with Gasteiger partial charge in [-0.05, 0) is 12.1 Å². The first-order valence-electron chi connectivity index (χ1n) is 3.32. The molecule has 13 heavy (non-hydrogen) atoms. The van der Waals surface area contributed by atoms with E-state index in [1.807, 2.05) is 0 Å². The van der Waals surface area contributed by atoms with Gasteiger partial charge < -0.3 is 10.8 Å². The predicted molar refractivity (Wildman–Crippen MR) is 48.8 cm³/mol. The highest BCUT2D eigenvalue weighted by atomic mass is 35.5. The molecule has 1 atom stereocenters. The third-order valence-corrected chi connectivity index (χ3v) is 2.10. The number of nitrogens with two attached hydrogens (primary N) is 1. The molecule has 0 bridgehead atoms. The number of aliphatic carboxylic acids is 1. The van der Waals surface area contributed by atoms with Gasteiger partial charge in [0.15, 0.2) is 0 Å². The van der Waals surface area contributed by atoms with Gasteiger partial charge in [0.25, 0.3) is 0 Å². The van der Waals surface area contributed by atoms with Gasteiger partial charge in [0.1, 0.15) is 11.2 Å². The summed E-state index contributed by atoms with van der Waals surface area (Å²) in [6.07, 6.45) is 0. The highest BCUT2D eigenvalue weighted by molar-refractivity contribution is 6.41. The molecule has 0 unspecified atom stereocenters. The second-order valence-corrected chi connectivity index (χ2v) is 3.09. The van der Waals surface area contributed by atoms with Gasteiger partial charge in [-0.2, -0.15) is 0 Å². The minimum Gasteiger partial charge on any atom is -0.480 e. The Balaban J connectivity index is 3.03. The van der Waals surface area contributed by atoms with Gasteiger partial charge in [-0.15, -0.1) is 0 Å². The van der Waals surface area contributed by atoms with Gasteiger partial charge in [-0.3, -0.25) is 4.79 Å². The lowest BCUT2D eigenvalue weighted by atomic mass is 10.2. The number of carboxylic acids is 1. The number of nitrogens with zero attached hydrogens (tertiary/aromatic N) is 1. The van der Waals surface area contributed by atoms with Crippen LogP contribution in [0.2, 0.25) is 10.2 Å². The molecule has 1 aromatic heterocycles. The third kappa shape index (κ3) is 2.30. The molecule has 0 aromatic carbocycles. The van der Waals surface area contributed by atoms with Crippen LogP contribution in [0, 0.1) is 0 Å². The van der Waals surface area contributed by atoms with Gasteiger partial charge in [-0.1, -0.05) is 23.2 Å². The standard InChI is InChI=1S/C7H6Cl2N2O2/c8-3-1-2-4(11-6(3)9)5(10)7(12)13/h1-2,5H,10H2,(H,12,13)/t5-/m0/s1. The molecule has 0 saturated carbocycles. The number of halogens is 2. The number of pyridine rings is 1. The molecule has 1 heterocycles. The summed E-state index contributed by atoms with van der Waals surface area (Å²) < 4.78 is 0. The van der Waals surface area contributed by atoms with E-state index >= 15 is 0 Å². The average molecular weight is 221 g/mol. The van der Waals surface area contributed by atoms with Crippen LogP contribution in [0.5, 0.6) is 0 Å². The van der Waals surface area contributed by atoms with Crippen molar-refractivity contribution in [2.45, 2.75) is 6.04 Å². The van der Waals surface area contributed by atoms with E-state index in [1.165, 1.54) is 12.1 Å². The summed E-state index contributed by atoms with van der Waals surface area (Å²) in [5, 5.41) is 8.87. The van der Waals surface area contributed by atoms with E-state index in [2.05, 4.69) is 4.98 Å². The van der Waals surface area contributed by atoms with Gasteiger partial charge in [0.2, 0.25) is 0 Å². The lowest BCUT2D eigenvalue weighted by molar-refractivity contribution is -0.138. The Hall–Kier alpha value is -0.840. The molecule has 0 radical (unpaired) electrons. The summed E-state index contributed by atoms with van der Waals surface area (Å²) in [7, 11) is 0. The van der Waals surface area contributed by atoms with E-state index in [-0.39, 0.29) is 15.9 Å². The summed E-state index contributed by atoms with van der Waals surface area (Å²) in [6, 6.07) is 1.71. The van der Waals surface area contributed by atoms with Crippen molar-refractivity contribution in [3.8, 4) is 0 Å². The minimum atomic E-state index is -1.17. The van der Waals surface area contributed by atoms with E-state index in [0.717, 1.165) is 0 Å². The zero-order valence-electron chi connectivity index (χ0n) is 6.37. The lowest BCUT2D eigenvalue weighted by Crippen LogP contribution is -2.21. The van der Waals surface area contributed by atoms with Gasteiger partial charge in [0.05, 0.1) is 10.7 Å². The van der Waals surface area contributed by atoms with Crippen molar-refractivity contribution in [3.63, 3.8) is 0 Å². The number of hydrogen-bond acceptors (Lipinski definition) is 3. The Bertz CT molecular complexity index is 343. The predicted octanol–water partition coefficient (Wildman–Crippen LogP) is 1.47. The Morgan fingerprint density at radius 1 is 1.54 bits per heavy atom. The molecule has 0 aliphatic heterocycles. The number of aromatic nitrogens is 1. The van der Waals surface area contributed by atoms with Crippen molar-refractivity contribution >= 4 is 29.2 Å². The Morgan fingerprint density at radius 2 is 2.15 bits per heavy atom. The van der Waals surface area contributed by atoms with Crippen molar-refractivity contribution in [2.24, 2.45) is 5.73 Å². The lowest BCUT2D eigenvalue weighted by Gasteiger charge is -2.05. The second kappa shape index (κ2) is 3.91. The molecular weight excluding hydrogens is 215 g/mol. The molecule has 3 N–H and O–H groups in total. The number of carboxylic acid groups (broad SMARTS) is 1. The maximum atomic E-state index is 10.5. The fraction of sp³-hybridized carbons (Fsp3) is 0.143. The summed E-state index contributed by atoms with van der Waals surface area (Å²) in [5.41, 5.74) is 5.48. The van der Waals surface area contributed by atoms with E-state index in [1.54, 1.807) is 0 Å². The molecule has 0 fully saturated rings. The fourth-order valence-electron chi connectivity index (χ4n) is 0.731. The summed E-state index contributed by atoms with van der Waals surface area (Å²) in [5.74, 6) is -1.16. The minimum absolute atomic E-state index is 0.0517. The third-order valence-electron chi connectivity index (χ3n) is 1.41. The van der Waals surface area contributed by atoms with Crippen LogP contribution in [0.25, 0.3) is 0 Å². The van der Waals surface area contributed by atoms with Crippen LogP contribution >= 0.6 is 23.2 Å². The molecule has 1 aromatic rings. The second-order valence-electron chi connectivity index (χ2n) is 2.32. The quantitative estimate of drug-likeness (QED) is 0.741. The van der Waals surface area contributed by atoms with E-state index in [0.29, 0.717) is 0 Å². The molecular formula is C7H6Cl2N2O2. The molecule has 0 aliphatic rings. The SMILES string of the molecule is N[C@H](C(=O)O)c1ccc(Cl)c(Cl)n1. The van der Waals surface area contributed by atoms with Crippen molar-refractivity contribution in [3.05, 3.63) is 28.0 Å². The maximum absolute atomic E-state index is 10.5. The Labute approximate surface area is 84.3 Å². The molecule has 1 rings (SSSR count). The molecule has 6 heteroatoms. The van der Waals surface area contributed by atoms with E-state index in [9.17, 15) is 4.79 Å². The normalized spacial score (nSPS) is 12.5. The number of hydrogen-bond donors (Lipinski definition) is 2. The molecule has 0 spiro atoms. The number of rotatable bonds is 2. The molecule has 0 amide bonds. The summed E-state index contributed by atoms with van der Waals surface area (Å²) in [6.45, 7) is 0. The van der Waals surface area contributed by atoms with E-state index in [4.69, 9.17) is 34.0 Å². The van der Waals surface area contributed by atoms with Gasteiger partial charge in [0, 0.05) is 0 Å². The topological polar surface area (TPSA) is 76.2 Å². The Morgan fingerprint density at radius 3 is 2.62 bits per heavy atom. The van der Waals surface area contributed by atoms with Crippen molar-refractivity contribution in [2.75, 3.05) is 0 Å². The zero-order valence-corrected chi connectivity index (χ0v) is 7.88. The Kier molecular flexibility index (Phi) is 3.08. The number of carbonyl (C=O) groups is 1. The summed E-state index contributed by atoms with van der Waals surface area (Å²) in [4.78, 5) is 14.2. The molecule has 70 valence electrons. The molecule has 0 saturated heterocycles. The summed E-state index contributed by atoms with van der Waals surface area (Å²) >= 11 is 11.2. The van der Waals surface area contributed by atoms with Crippen LogP contribution in [0.4, 0.5) is 0 Å². The smallest absolute Gasteiger partial charge is 0.326 e. The van der Waals surface area contributed by atoms with Crippen molar-refractivity contribution in [1.82, 2.24) is 4.98 Å². The largest absolute Gasteiger partial charge is 0.480 e. The first-order chi connectivity index (χ1) is 6.02. The highest BCUT2D eigenvalue weighted by Crippen LogP contribution is 2.21. The molecule has 0 aliphatic carbocycles. The van der Waals surface area contributed by atoms with Crippen LogP contribution in [0.3, 0.4) is 0 Å². The van der Waals surface area contributed by atoms with Gasteiger partial charge in [-0.25, -0.2) is 4.98 Å². The average Bonchev–Trinajstić information content (AvgIpc) is 2.08. The van der Waals surface area contributed by atoms with Crippen molar-refractivity contribution in [1.29, 1.82) is 0 Å². The molecule has 4 nitrogen and oxygen atoms in total. The monoisotopic (exact) mass is 220 g/mol. The fourth-order valence-corrected chi connectivity index (χ4v) is 0.997. The van der Waals surface area contributed by atoms with Crippen LogP contribution < -0.4 is 5.73 Å². The highest BCUT2D eigenvalue weighted by Gasteiger charge is 2.16. The van der Waals surface area contributed by atoms with Crippen LogP contribution in [-0.4, -0.2) is 16.1 Å². The van der Waals surface area contributed by atoms with Crippen LogP contribution in [0.1, 0.15) is 11.7 Å². The van der Waals surface area contributed by atoms with Crippen molar-refractivity contribution < 1.29 is 9.90 Å². The van der Waals surface area contributed by atoms with Crippen LogP contribution in [0.15, 0.2) is 12.1 Å². The van der Waals surface area contributed by atoms with Gasteiger partial charge >= 0.3 is 5.97 Å². The maximum Gasteiger partial charge on any atom is 0.326 e. The van der Waals surface area contributed by atoms with Crippen LogP contribution in [-0.2, 0) is 4.79 Å². The first-order valence-corrected chi connectivity index (χ1v) is 4.08.